The molecule has 2 N–H and O–H groups in total. The predicted molar refractivity (Wildman–Crippen MR) is 100 cm³/mol. The van der Waals surface area contributed by atoms with Crippen molar-refractivity contribution in [2.24, 2.45) is 5.92 Å². The van der Waals surface area contributed by atoms with Crippen molar-refractivity contribution in [3.8, 4) is 0 Å². The summed E-state index contributed by atoms with van der Waals surface area (Å²) in [4.78, 5) is 24.6. The van der Waals surface area contributed by atoms with Crippen LogP contribution in [0.1, 0.15) is 43.4 Å². The van der Waals surface area contributed by atoms with Gasteiger partial charge in [0.05, 0.1) is 16.4 Å². The van der Waals surface area contributed by atoms with Gasteiger partial charge in [-0.3, -0.25) is 19.0 Å². The summed E-state index contributed by atoms with van der Waals surface area (Å²) in [6.07, 6.45) is 3.56. The highest BCUT2D eigenvalue weighted by Crippen LogP contribution is 2.15. The van der Waals surface area contributed by atoms with Gasteiger partial charge in [-0.15, -0.1) is 0 Å². The lowest BCUT2D eigenvalue weighted by Gasteiger charge is -2.08. The smallest absolute Gasteiger partial charge is 0.273 e. The Labute approximate surface area is 157 Å². The second kappa shape index (κ2) is 8.84. The molecule has 0 spiro atoms. The number of carbonyl (C=O) groups is 2. The Morgan fingerprint density at radius 3 is 2.54 bits per heavy atom. The van der Waals surface area contributed by atoms with Crippen molar-refractivity contribution in [2.45, 2.75) is 47.2 Å². The van der Waals surface area contributed by atoms with Gasteiger partial charge >= 0.3 is 0 Å². The quantitative estimate of drug-likeness (QED) is 0.735. The predicted octanol–water partition coefficient (Wildman–Crippen LogP) is 2.48. The summed E-state index contributed by atoms with van der Waals surface area (Å²) < 4.78 is 3.25. The first-order chi connectivity index (χ1) is 12.3. The Hall–Kier alpha value is -2.35. The molecule has 0 radical (unpaired) electrons. The summed E-state index contributed by atoms with van der Waals surface area (Å²) in [5.74, 6) is -0.187. The summed E-state index contributed by atoms with van der Waals surface area (Å²) in [5, 5.41) is 14.6. The van der Waals surface area contributed by atoms with E-state index in [4.69, 9.17) is 11.6 Å². The van der Waals surface area contributed by atoms with Crippen LogP contribution in [0.5, 0.6) is 0 Å². The number of hydrogen-bond donors (Lipinski definition) is 2. The Kier molecular flexibility index (Phi) is 6.79. The number of nitrogens with zero attached hydrogens (tertiary/aromatic N) is 4. The molecule has 2 aromatic rings. The molecule has 9 heteroatoms. The molecule has 0 aliphatic heterocycles. The second-order valence-corrected chi connectivity index (χ2v) is 6.88. The van der Waals surface area contributed by atoms with E-state index in [2.05, 4.69) is 20.8 Å². The fourth-order valence-corrected chi connectivity index (χ4v) is 2.41. The highest BCUT2D eigenvalue weighted by molar-refractivity contribution is 6.31. The largest absolute Gasteiger partial charge is 0.350 e. The molecule has 0 aromatic carbocycles. The fraction of sp³-hybridized carbons (Fsp3) is 0.529. The molecule has 0 fully saturated rings. The van der Waals surface area contributed by atoms with Crippen molar-refractivity contribution in [3.63, 3.8) is 0 Å². The van der Waals surface area contributed by atoms with Crippen LogP contribution in [0.15, 0.2) is 12.4 Å². The zero-order valence-electron chi connectivity index (χ0n) is 15.5. The first kappa shape index (κ1) is 20.0. The third-order valence-electron chi connectivity index (χ3n) is 3.70. The Morgan fingerprint density at radius 2 is 1.96 bits per heavy atom. The fourth-order valence-electron chi connectivity index (χ4n) is 2.26. The van der Waals surface area contributed by atoms with Crippen LogP contribution >= 0.6 is 11.6 Å². The molecule has 8 nitrogen and oxygen atoms in total. The van der Waals surface area contributed by atoms with Gasteiger partial charge < -0.3 is 10.6 Å². The molecule has 0 saturated heterocycles. The average Bonchev–Trinajstić information content (AvgIpc) is 3.14. The van der Waals surface area contributed by atoms with E-state index in [1.165, 1.54) is 0 Å². The molecule has 0 unspecified atom stereocenters. The monoisotopic (exact) mass is 380 g/mol. The lowest BCUT2D eigenvalue weighted by molar-refractivity contribution is -0.116. The summed E-state index contributed by atoms with van der Waals surface area (Å²) in [6, 6.07) is 0. The Bertz CT molecular complexity index is 761. The van der Waals surface area contributed by atoms with Crippen molar-refractivity contribution >= 4 is 29.1 Å². The van der Waals surface area contributed by atoms with E-state index in [0.29, 0.717) is 36.3 Å². The lowest BCUT2D eigenvalue weighted by Crippen LogP contribution is -2.29. The van der Waals surface area contributed by atoms with Crippen molar-refractivity contribution in [1.82, 2.24) is 24.9 Å². The van der Waals surface area contributed by atoms with Gasteiger partial charge in [-0.2, -0.15) is 10.2 Å². The molecule has 0 atom stereocenters. The minimum Gasteiger partial charge on any atom is -0.350 e. The van der Waals surface area contributed by atoms with Crippen LogP contribution in [-0.2, 0) is 17.9 Å². The summed E-state index contributed by atoms with van der Waals surface area (Å²) in [5.41, 5.74) is 1.35. The molecular formula is C17H25ClN6O2. The van der Waals surface area contributed by atoms with Gasteiger partial charge in [0, 0.05) is 38.4 Å². The minimum atomic E-state index is -0.296. The van der Waals surface area contributed by atoms with Crippen molar-refractivity contribution in [3.05, 3.63) is 28.8 Å². The van der Waals surface area contributed by atoms with E-state index < -0.39 is 0 Å². The van der Waals surface area contributed by atoms with Crippen LogP contribution in [0.3, 0.4) is 0 Å². The molecule has 0 saturated carbocycles. The summed E-state index contributed by atoms with van der Waals surface area (Å²) in [7, 11) is 0. The van der Waals surface area contributed by atoms with Crippen molar-refractivity contribution < 1.29 is 9.59 Å². The number of rotatable bonds is 8. The molecule has 26 heavy (non-hydrogen) atoms. The van der Waals surface area contributed by atoms with Crippen LogP contribution < -0.4 is 10.6 Å². The second-order valence-electron chi connectivity index (χ2n) is 6.47. The van der Waals surface area contributed by atoms with E-state index in [9.17, 15) is 9.59 Å². The van der Waals surface area contributed by atoms with Gasteiger partial charge in [0.1, 0.15) is 0 Å². The zero-order chi connectivity index (χ0) is 19.3. The summed E-state index contributed by atoms with van der Waals surface area (Å²) >= 11 is 5.96. The number of hydrogen-bond acceptors (Lipinski definition) is 4. The van der Waals surface area contributed by atoms with Gasteiger partial charge in [0.2, 0.25) is 5.91 Å². The number of nitrogens with one attached hydrogen (secondary N) is 2. The number of anilines is 1. The number of halogens is 1. The third kappa shape index (κ3) is 5.32. The topological polar surface area (TPSA) is 93.8 Å². The number of aryl methyl sites for hydroxylation is 3. The maximum absolute atomic E-state index is 12.3. The molecule has 0 bridgehead atoms. The van der Waals surface area contributed by atoms with Gasteiger partial charge in [0.25, 0.3) is 5.91 Å². The standard InChI is InChI=1S/C17H25ClN6O2/c1-5-23-10-14(16(22-23)17(26)19-8-11(2)3)20-15(25)6-7-24-9-13(18)12(4)21-24/h9-11H,5-8H2,1-4H3,(H,19,26)(H,20,25). The minimum absolute atomic E-state index is 0.210. The van der Waals surface area contributed by atoms with E-state index in [1.54, 1.807) is 28.7 Å². The van der Waals surface area contributed by atoms with E-state index in [1.807, 2.05) is 20.8 Å². The average molecular weight is 381 g/mol. The summed E-state index contributed by atoms with van der Waals surface area (Å²) in [6.45, 7) is 9.29. The normalized spacial score (nSPS) is 11.0. The Morgan fingerprint density at radius 1 is 1.23 bits per heavy atom. The van der Waals surface area contributed by atoms with Crippen LogP contribution in [0, 0.1) is 12.8 Å². The lowest BCUT2D eigenvalue weighted by atomic mass is 10.2. The van der Waals surface area contributed by atoms with Crippen LogP contribution in [0.25, 0.3) is 0 Å². The molecule has 2 heterocycles. The van der Waals surface area contributed by atoms with E-state index in [0.717, 1.165) is 5.69 Å². The number of carbonyl (C=O) groups excluding carboxylic acids is 2. The zero-order valence-corrected chi connectivity index (χ0v) is 16.3. The first-order valence-electron chi connectivity index (χ1n) is 8.65. The number of amides is 2. The molecule has 142 valence electrons. The molecule has 0 aliphatic rings. The van der Waals surface area contributed by atoms with Crippen LogP contribution in [0.4, 0.5) is 5.69 Å². The molecule has 2 amide bonds. The van der Waals surface area contributed by atoms with Gasteiger partial charge in [-0.05, 0) is 19.8 Å². The molecule has 2 rings (SSSR count). The highest BCUT2D eigenvalue weighted by atomic mass is 35.5. The van der Waals surface area contributed by atoms with Gasteiger partial charge in [-0.1, -0.05) is 25.4 Å². The van der Waals surface area contributed by atoms with E-state index >= 15 is 0 Å². The van der Waals surface area contributed by atoms with Crippen molar-refractivity contribution in [2.75, 3.05) is 11.9 Å². The van der Waals surface area contributed by atoms with Gasteiger partial charge in [0.15, 0.2) is 5.69 Å². The maximum Gasteiger partial charge on any atom is 0.273 e. The molecular weight excluding hydrogens is 356 g/mol. The molecule has 0 aliphatic carbocycles. The van der Waals surface area contributed by atoms with E-state index in [-0.39, 0.29) is 23.9 Å². The Balaban J connectivity index is 2.01. The SMILES string of the molecule is CCn1cc(NC(=O)CCn2cc(Cl)c(C)n2)c(C(=O)NCC(C)C)n1. The van der Waals surface area contributed by atoms with Gasteiger partial charge in [-0.25, -0.2) is 0 Å². The first-order valence-corrected chi connectivity index (χ1v) is 9.03. The van der Waals surface area contributed by atoms with Crippen LogP contribution in [0.2, 0.25) is 5.02 Å². The number of aromatic nitrogens is 4. The maximum atomic E-state index is 12.3. The third-order valence-corrected chi connectivity index (χ3v) is 4.07. The highest BCUT2D eigenvalue weighted by Gasteiger charge is 2.18. The molecule has 2 aromatic heterocycles. The van der Waals surface area contributed by atoms with Crippen molar-refractivity contribution in [1.29, 1.82) is 0 Å². The van der Waals surface area contributed by atoms with Crippen LogP contribution in [-0.4, -0.2) is 37.9 Å².